The highest BCUT2D eigenvalue weighted by Gasteiger charge is 2.06. The second-order valence-electron chi connectivity index (χ2n) is 4.59. The Labute approximate surface area is 117 Å². The number of methoxy groups -OCH3 is 1. The van der Waals surface area contributed by atoms with E-state index in [1.165, 1.54) is 0 Å². The van der Waals surface area contributed by atoms with Gasteiger partial charge < -0.3 is 14.6 Å². The summed E-state index contributed by atoms with van der Waals surface area (Å²) in [4.78, 5) is 8.59. The van der Waals surface area contributed by atoms with E-state index in [2.05, 4.69) is 21.4 Å². The molecule has 3 rings (SSSR count). The lowest BCUT2D eigenvalue weighted by atomic mass is 10.2. The topological polar surface area (TPSA) is 52.0 Å². The fourth-order valence-electron chi connectivity index (χ4n) is 2.19. The number of anilines is 1. The zero-order valence-corrected chi connectivity index (χ0v) is 11.5. The summed E-state index contributed by atoms with van der Waals surface area (Å²) < 4.78 is 7.20. The summed E-state index contributed by atoms with van der Waals surface area (Å²) >= 11 is 0. The van der Waals surface area contributed by atoms with E-state index < -0.39 is 0 Å². The van der Waals surface area contributed by atoms with Crippen molar-refractivity contribution in [2.75, 3.05) is 12.4 Å². The molecule has 102 valence electrons. The van der Waals surface area contributed by atoms with Gasteiger partial charge in [0.2, 0.25) is 0 Å². The molecule has 0 aliphatic carbocycles. The van der Waals surface area contributed by atoms with Gasteiger partial charge in [0.15, 0.2) is 0 Å². The molecule has 5 heteroatoms. The number of fused-ring (bicyclic) bond motifs is 1. The number of benzene rings is 1. The molecule has 1 aromatic carbocycles. The molecule has 5 nitrogen and oxygen atoms in total. The Morgan fingerprint density at radius 1 is 1.25 bits per heavy atom. The molecule has 0 saturated heterocycles. The lowest BCUT2D eigenvalue weighted by Gasteiger charge is -2.08. The van der Waals surface area contributed by atoms with Gasteiger partial charge in [0, 0.05) is 19.8 Å². The SMILES string of the molecule is COc1cccc(CNc2ncnc3c2ccn3C)c1. The van der Waals surface area contributed by atoms with Crippen molar-refractivity contribution in [2.24, 2.45) is 7.05 Å². The molecule has 2 heterocycles. The Morgan fingerprint density at radius 2 is 2.15 bits per heavy atom. The first-order chi connectivity index (χ1) is 9.78. The summed E-state index contributed by atoms with van der Waals surface area (Å²) in [5.74, 6) is 1.70. The van der Waals surface area contributed by atoms with Gasteiger partial charge in [-0.25, -0.2) is 9.97 Å². The third kappa shape index (κ3) is 2.30. The van der Waals surface area contributed by atoms with Gasteiger partial charge in [-0.1, -0.05) is 12.1 Å². The van der Waals surface area contributed by atoms with E-state index in [0.717, 1.165) is 28.2 Å². The molecule has 2 aromatic heterocycles. The molecule has 0 unspecified atom stereocenters. The summed E-state index contributed by atoms with van der Waals surface area (Å²) in [6.07, 6.45) is 3.56. The van der Waals surface area contributed by atoms with E-state index in [1.54, 1.807) is 13.4 Å². The number of ether oxygens (including phenoxy) is 1. The van der Waals surface area contributed by atoms with Crippen molar-refractivity contribution < 1.29 is 4.74 Å². The molecule has 3 aromatic rings. The van der Waals surface area contributed by atoms with E-state index in [1.807, 2.05) is 42.1 Å². The van der Waals surface area contributed by atoms with Gasteiger partial charge in [-0.15, -0.1) is 0 Å². The van der Waals surface area contributed by atoms with Gasteiger partial charge in [-0.05, 0) is 23.8 Å². The first-order valence-corrected chi connectivity index (χ1v) is 6.41. The number of hydrogen-bond acceptors (Lipinski definition) is 4. The van der Waals surface area contributed by atoms with Crippen LogP contribution in [0, 0.1) is 0 Å². The summed E-state index contributed by atoms with van der Waals surface area (Å²) in [5.41, 5.74) is 2.07. The van der Waals surface area contributed by atoms with Gasteiger partial charge in [0.25, 0.3) is 0 Å². The van der Waals surface area contributed by atoms with Crippen LogP contribution in [-0.4, -0.2) is 21.6 Å². The Balaban J connectivity index is 1.83. The van der Waals surface area contributed by atoms with E-state index in [-0.39, 0.29) is 0 Å². The molecule has 0 saturated carbocycles. The highest BCUT2D eigenvalue weighted by Crippen LogP contribution is 2.20. The largest absolute Gasteiger partial charge is 0.497 e. The van der Waals surface area contributed by atoms with Crippen LogP contribution in [0.2, 0.25) is 0 Å². The fraction of sp³-hybridized carbons (Fsp3) is 0.200. The highest BCUT2D eigenvalue weighted by molar-refractivity contribution is 5.87. The first-order valence-electron chi connectivity index (χ1n) is 6.41. The number of hydrogen-bond donors (Lipinski definition) is 1. The van der Waals surface area contributed by atoms with Crippen molar-refractivity contribution in [3.05, 3.63) is 48.4 Å². The molecule has 0 spiro atoms. The average molecular weight is 268 g/mol. The van der Waals surface area contributed by atoms with Gasteiger partial charge in [0.1, 0.15) is 23.5 Å². The van der Waals surface area contributed by atoms with Crippen LogP contribution in [0.4, 0.5) is 5.82 Å². The van der Waals surface area contributed by atoms with Gasteiger partial charge in [-0.2, -0.15) is 0 Å². The molecule has 0 fully saturated rings. The van der Waals surface area contributed by atoms with Crippen LogP contribution in [0.25, 0.3) is 11.0 Å². The Kier molecular flexibility index (Phi) is 3.25. The van der Waals surface area contributed by atoms with Crippen LogP contribution in [0.1, 0.15) is 5.56 Å². The van der Waals surface area contributed by atoms with Crippen LogP contribution in [0.3, 0.4) is 0 Å². The molecule has 0 bridgehead atoms. The first kappa shape index (κ1) is 12.5. The van der Waals surface area contributed by atoms with Gasteiger partial charge >= 0.3 is 0 Å². The molecule has 20 heavy (non-hydrogen) atoms. The molecular formula is C15H16N4O. The van der Waals surface area contributed by atoms with E-state index in [9.17, 15) is 0 Å². The third-order valence-electron chi connectivity index (χ3n) is 3.26. The molecule has 1 N–H and O–H groups in total. The third-order valence-corrected chi connectivity index (χ3v) is 3.26. The monoisotopic (exact) mass is 268 g/mol. The summed E-state index contributed by atoms with van der Waals surface area (Å²) in [6, 6.07) is 10.00. The van der Waals surface area contributed by atoms with Crippen molar-refractivity contribution in [2.45, 2.75) is 6.54 Å². The molecule has 0 atom stereocenters. The zero-order valence-electron chi connectivity index (χ0n) is 11.5. The summed E-state index contributed by atoms with van der Waals surface area (Å²) in [5, 5.41) is 4.37. The maximum absolute atomic E-state index is 5.22. The average Bonchev–Trinajstić information content (AvgIpc) is 2.88. The fourth-order valence-corrected chi connectivity index (χ4v) is 2.19. The second kappa shape index (κ2) is 5.21. The van der Waals surface area contributed by atoms with E-state index in [0.29, 0.717) is 6.54 Å². The van der Waals surface area contributed by atoms with Crippen LogP contribution in [0.15, 0.2) is 42.9 Å². The zero-order chi connectivity index (χ0) is 13.9. The predicted molar refractivity (Wildman–Crippen MR) is 78.8 cm³/mol. The van der Waals surface area contributed by atoms with Crippen molar-refractivity contribution >= 4 is 16.9 Å². The van der Waals surface area contributed by atoms with Gasteiger partial charge in [-0.3, -0.25) is 0 Å². The van der Waals surface area contributed by atoms with Crippen molar-refractivity contribution in [1.82, 2.24) is 14.5 Å². The molecule has 0 aliphatic rings. The van der Waals surface area contributed by atoms with Crippen LogP contribution in [0.5, 0.6) is 5.75 Å². The standard InChI is InChI=1S/C15H16N4O/c1-19-7-6-13-14(17-10-18-15(13)19)16-9-11-4-3-5-12(8-11)20-2/h3-8,10H,9H2,1-2H3,(H,16,17,18). The number of aromatic nitrogens is 3. The molecule has 0 aliphatic heterocycles. The number of nitrogens with one attached hydrogen (secondary N) is 1. The van der Waals surface area contributed by atoms with E-state index in [4.69, 9.17) is 4.74 Å². The normalized spacial score (nSPS) is 10.7. The smallest absolute Gasteiger partial charge is 0.145 e. The highest BCUT2D eigenvalue weighted by atomic mass is 16.5. The van der Waals surface area contributed by atoms with Crippen molar-refractivity contribution in [3.63, 3.8) is 0 Å². The van der Waals surface area contributed by atoms with Gasteiger partial charge in [0.05, 0.1) is 12.5 Å². The van der Waals surface area contributed by atoms with Crippen LogP contribution in [-0.2, 0) is 13.6 Å². The Morgan fingerprint density at radius 3 is 3.00 bits per heavy atom. The lowest BCUT2D eigenvalue weighted by Crippen LogP contribution is -2.02. The number of nitrogens with zero attached hydrogens (tertiary/aromatic N) is 3. The quantitative estimate of drug-likeness (QED) is 0.790. The van der Waals surface area contributed by atoms with Crippen molar-refractivity contribution in [3.8, 4) is 5.75 Å². The Hall–Kier alpha value is -2.56. The van der Waals surface area contributed by atoms with E-state index >= 15 is 0 Å². The Bertz CT molecular complexity index is 736. The number of rotatable bonds is 4. The minimum Gasteiger partial charge on any atom is -0.497 e. The summed E-state index contributed by atoms with van der Waals surface area (Å²) in [6.45, 7) is 0.693. The molecule has 0 radical (unpaired) electrons. The minimum absolute atomic E-state index is 0.693. The maximum Gasteiger partial charge on any atom is 0.145 e. The molecular weight excluding hydrogens is 252 g/mol. The van der Waals surface area contributed by atoms with Crippen LogP contribution < -0.4 is 10.1 Å². The molecule has 0 amide bonds. The predicted octanol–water partition coefficient (Wildman–Crippen LogP) is 2.59. The maximum atomic E-state index is 5.22. The number of aryl methyl sites for hydroxylation is 1. The van der Waals surface area contributed by atoms with Crippen LogP contribution >= 0.6 is 0 Å². The minimum atomic E-state index is 0.693. The van der Waals surface area contributed by atoms with Crippen molar-refractivity contribution in [1.29, 1.82) is 0 Å². The summed E-state index contributed by atoms with van der Waals surface area (Å²) in [7, 11) is 3.64. The second-order valence-corrected chi connectivity index (χ2v) is 4.59. The lowest BCUT2D eigenvalue weighted by molar-refractivity contribution is 0.414.